The van der Waals surface area contributed by atoms with Gasteiger partial charge >= 0.3 is 11.5 Å². The first-order valence-corrected chi connectivity index (χ1v) is 2.93. The molecule has 7 nitrogen and oxygen atoms in total. The molecular formula is C5H4N2O5. The molecule has 2 heterocycles. The second kappa shape index (κ2) is 1.76. The molecule has 2 aromatic rings. The third-order valence-electron chi connectivity index (χ3n) is 1.43. The van der Waals surface area contributed by atoms with Crippen molar-refractivity contribution >= 4 is 16.9 Å². The molecule has 0 saturated carbocycles. The molecule has 0 aliphatic rings. The molecule has 0 fully saturated rings. The van der Waals surface area contributed by atoms with Crippen molar-refractivity contribution in [2.24, 2.45) is 0 Å². The van der Waals surface area contributed by atoms with Crippen molar-refractivity contribution in [1.29, 1.82) is 0 Å². The summed E-state index contributed by atoms with van der Waals surface area (Å²) in [6.07, 6.45) is 0. The zero-order valence-corrected chi connectivity index (χ0v) is 5.64. The summed E-state index contributed by atoms with van der Waals surface area (Å²) in [7, 11) is 0. The minimum atomic E-state index is -0.906. The topological polar surface area (TPSA) is 115 Å². The Kier molecular flexibility index (Phi) is 0.972. The molecule has 64 valence electrons. The van der Waals surface area contributed by atoms with Crippen LogP contribution in [0.4, 0.5) is 5.69 Å². The number of aromatic hydroxyl groups is 1. The number of hydrogen-bond acceptors (Lipinski definition) is 6. The summed E-state index contributed by atoms with van der Waals surface area (Å²) >= 11 is 0. The summed E-state index contributed by atoms with van der Waals surface area (Å²) in [6, 6.07) is 0. The van der Waals surface area contributed by atoms with E-state index < -0.39 is 11.5 Å². The summed E-state index contributed by atoms with van der Waals surface area (Å²) in [5, 5.41) is 17.6. The average molecular weight is 172 g/mol. The van der Waals surface area contributed by atoms with Gasteiger partial charge in [0.1, 0.15) is 0 Å². The summed E-state index contributed by atoms with van der Waals surface area (Å²) in [5.74, 6) is -0.596. The highest BCUT2D eigenvalue weighted by Gasteiger charge is 2.20. The Morgan fingerprint density at radius 2 is 2.08 bits per heavy atom. The van der Waals surface area contributed by atoms with Gasteiger partial charge in [-0.25, -0.2) is 0 Å². The Labute approximate surface area is 64.1 Å². The molecule has 0 spiro atoms. The van der Waals surface area contributed by atoms with E-state index >= 15 is 0 Å². The lowest BCUT2D eigenvalue weighted by atomic mass is 10.4. The van der Waals surface area contributed by atoms with Crippen molar-refractivity contribution in [3.63, 3.8) is 0 Å². The predicted molar refractivity (Wildman–Crippen MR) is 36.0 cm³/mol. The first-order chi connectivity index (χ1) is 5.61. The lowest BCUT2D eigenvalue weighted by molar-refractivity contribution is 0.0116. The normalized spacial score (nSPS) is 11.0. The van der Waals surface area contributed by atoms with Crippen LogP contribution in [0.25, 0.3) is 11.2 Å². The van der Waals surface area contributed by atoms with E-state index in [0.29, 0.717) is 0 Å². The molecule has 0 saturated heterocycles. The number of aromatic nitrogens is 1. The predicted octanol–water partition coefficient (Wildman–Crippen LogP) is -0.287. The van der Waals surface area contributed by atoms with Gasteiger partial charge in [-0.3, -0.25) is 4.79 Å². The molecule has 0 aliphatic heterocycles. The van der Waals surface area contributed by atoms with Crippen molar-refractivity contribution in [1.82, 2.24) is 4.90 Å². The van der Waals surface area contributed by atoms with Crippen LogP contribution in [0, 0.1) is 0 Å². The zero-order valence-electron chi connectivity index (χ0n) is 5.64. The fourth-order valence-corrected chi connectivity index (χ4v) is 0.864. The molecule has 0 unspecified atom stereocenters. The highest BCUT2D eigenvalue weighted by molar-refractivity contribution is 5.86. The molecule has 0 aromatic carbocycles. The van der Waals surface area contributed by atoms with E-state index in [4.69, 9.17) is 16.0 Å². The first-order valence-electron chi connectivity index (χ1n) is 2.93. The van der Waals surface area contributed by atoms with Crippen LogP contribution in [0.15, 0.2) is 13.7 Å². The van der Waals surface area contributed by atoms with Gasteiger partial charge in [-0.15, -0.1) is 0 Å². The van der Waals surface area contributed by atoms with Crippen LogP contribution in [0.5, 0.6) is 5.95 Å². The van der Waals surface area contributed by atoms with Gasteiger partial charge in [0.2, 0.25) is 11.2 Å². The van der Waals surface area contributed by atoms with Gasteiger partial charge in [0, 0.05) is 4.90 Å². The third kappa shape index (κ3) is 0.570. The number of fused-ring (bicyclic) bond motifs is 1. The van der Waals surface area contributed by atoms with Gasteiger partial charge in [0.15, 0.2) is 5.69 Å². The van der Waals surface area contributed by atoms with E-state index in [1.165, 1.54) is 0 Å². The summed E-state index contributed by atoms with van der Waals surface area (Å²) in [4.78, 5) is 10.8. The van der Waals surface area contributed by atoms with E-state index in [9.17, 15) is 4.79 Å². The molecular weight excluding hydrogens is 168 g/mol. The second-order valence-corrected chi connectivity index (χ2v) is 2.15. The largest absolute Gasteiger partial charge is 0.479 e. The highest BCUT2D eigenvalue weighted by Crippen LogP contribution is 2.31. The molecule has 0 aliphatic carbocycles. The van der Waals surface area contributed by atoms with Gasteiger partial charge < -0.3 is 25.0 Å². The van der Waals surface area contributed by atoms with Crippen molar-refractivity contribution in [3.05, 3.63) is 10.4 Å². The quantitative estimate of drug-likeness (QED) is 0.470. The minimum absolute atomic E-state index is 0.0238. The fraction of sp³-hybridized carbons (Fsp3) is 0. The van der Waals surface area contributed by atoms with Gasteiger partial charge in [-0.05, 0) is 0 Å². The molecule has 7 heteroatoms. The van der Waals surface area contributed by atoms with Crippen LogP contribution in [0.3, 0.4) is 0 Å². The van der Waals surface area contributed by atoms with E-state index in [-0.39, 0.29) is 21.8 Å². The molecule has 2 aromatic heterocycles. The van der Waals surface area contributed by atoms with Gasteiger partial charge in [-0.1, -0.05) is 0 Å². The molecule has 0 radical (unpaired) electrons. The van der Waals surface area contributed by atoms with Gasteiger partial charge in [0.25, 0.3) is 0 Å². The standard InChI is InChI=1S/C5H4N2O5/c6-1-2-3(11-5(1)9)4(8)7(10)12-2/h9-10H,6H2. The molecule has 4 N–H and O–H groups in total. The lowest BCUT2D eigenvalue weighted by Gasteiger charge is -1.84. The Morgan fingerprint density at radius 1 is 1.42 bits per heavy atom. The first kappa shape index (κ1) is 6.65. The third-order valence-corrected chi connectivity index (χ3v) is 1.43. The Bertz CT molecular complexity index is 490. The molecule has 2 rings (SSSR count). The fourth-order valence-electron chi connectivity index (χ4n) is 0.864. The van der Waals surface area contributed by atoms with E-state index in [1.807, 2.05) is 0 Å². The maximum atomic E-state index is 10.9. The maximum absolute atomic E-state index is 10.9. The van der Waals surface area contributed by atoms with Crippen molar-refractivity contribution in [3.8, 4) is 5.95 Å². The van der Waals surface area contributed by atoms with Gasteiger partial charge in [-0.2, -0.15) is 0 Å². The number of anilines is 1. The SMILES string of the molecule is Nc1c(O)oc2c(=O)n(O)oc12. The lowest BCUT2D eigenvalue weighted by Crippen LogP contribution is -2.09. The second-order valence-electron chi connectivity index (χ2n) is 2.15. The highest BCUT2D eigenvalue weighted by atomic mass is 16.7. The number of hydrogen-bond donors (Lipinski definition) is 3. The number of furan rings is 1. The monoisotopic (exact) mass is 172 g/mol. The Balaban J connectivity index is 3.03. The summed E-state index contributed by atoms with van der Waals surface area (Å²) in [5.41, 5.74) is 3.62. The van der Waals surface area contributed by atoms with Crippen molar-refractivity contribution < 1.29 is 19.3 Å². The minimum Gasteiger partial charge on any atom is -0.479 e. The molecule has 12 heavy (non-hydrogen) atoms. The van der Waals surface area contributed by atoms with Crippen molar-refractivity contribution in [2.45, 2.75) is 0 Å². The summed E-state index contributed by atoms with van der Waals surface area (Å²) in [6.45, 7) is 0. The van der Waals surface area contributed by atoms with Crippen LogP contribution < -0.4 is 11.3 Å². The van der Waals surface area contributed by atoms with Crippen LogP contribution >= 0.6 is 0 Å². The summed E-state index contributed by atoms with van der Waals surface area (Å²) < 4.78 is 8.93. The number of rotatable bonds is 0. The van der Waals surface area contributed by atoms with E-state index in [2.05, 4.69) is 8.94 Å². The van der Waals surface area contributed by atoms with E-state index in [1.54, 1.807) is 0 Å². The average Bonchev–Trinajstić information content (AvgIpc) is 2.43. The van der Waals surface area contributed by atoms with E-state index in [0.717, 1.165) is 0 Å². The number of nitrogen functional groups attached to an aromatic ring is 1. The molecule has 0 bridgehead atoms. The molecule has 0 amide bonds. The number of nitrogens with two attached hydrogens (primary N) is 1. The number of nitrogens with zero attached hydrogens (tertiary/aromatic N) is 1. The van der Waals surface area contributed by atoms with Crippen molar-refractivity contribution in [2.75, 3.05) is 5.73 Å². The smallest absolute Gasteiger partial charge is 0.365 e. The maximum Gasteiger partial charge on any atom is 0.365 e. The zero-order chi connectivity index (χ0) is 8.88. The van der Waals surface area contributed by atoms with Gasteiger partial charge in [0.05, 0.1) is 0 Å². The Hall–Kier alpha value is -2.05. The van der Waals surface area contributed by atoms with Crippen LogP contribution in [0.2, 0.25) is 0 Å². The Morgan fingerprint density at radius 3 is 2.67 bits per heavy atom. The van der Waals surface area contributed by atoms with Crippen LogP contribution in [-0.4, -0.2) is 15.2 Å². The molecule has 0 atom stereocenters. The van der Waals surface area contributed by atoms with Crippen LogP contribution in [-0.2, 0) is 0 Å². The van der Waals surface area contributed by atoms with Crippen LogP contribution in [0.1, 0.15) is 0 Å².